The number of hydrogen-bond acceptors (Lipinski definition) is 5. The summed E-state index contributed by atoms with van der Waals surface area (Å²) in [4.78, 5) is 26.0. The number of para-hydroxylation sites is 1. The molecule has 150 valence electrons. The molecule has 28 heavy (non-hydrogen) atoms. The first-order chi connectivity index (χ1) is 13.5. The average molecular weight is 387 g/mol. The summed E-state index contributed by atoms with van der Waals surface area (Å²) >= 11 is 0. The van der Waals surface area contributed by atoms with Crippen LogP contribution in [0.25, 0.3) is 0 Å². The highest BCUT2D eigenvalue weighted by molar-refractivity contribution is 5.97. The summed E-state index contributed by atoms with van der Waals surface area (Å²) in [5, 5.41) is 13.4. The van der Waals surface area contributed by atoms with Gasteiger partial charge in [0.25, 0.3) is 5.91 Å². The Morgan fingerprint density at radius 3 is 2.54 bits per heavy atom. The van der Waals surface area contributed by atoms with E-state index in [4.69, 9.17) is 9.47 Å². The summed E-state index contributed by atoms with van der Waals surface area (Å²) in [6, 6.07) is 7.31. The molecule has 0 atom stereocenters. The molecule has 1 aromatic carbocycles. The minimum absolute atomic E-state index is 0.0603. The predicted octanol–water partition coefficient (Wildman–Crippen LogP) is 2.39. The van der Waals surface area contributed by atoms with E-state index in [1.807, 2.05) is 17.0 Å². The zero-order valence-corrected chi connectivity index (χ0v) is 16.1. The van der Waals surface area contributed by atoms with Crippen LogP contribution < -0.4 is 4.74 Å². The third-order valence-corrected chi connectivity index (χ3v) is 5.04. The number of ether oxygens (including phenoxy) is 2. The highest BCUT2D eigenvalue weighted by Gasteiger charge is 2.28. The molecule has 2 heterocycles. The zero-order chi connectivity index (χ0) is 20.1. The number of methoxy groups -OCH3 is 1. The number of carboxylic acid groups (broad SMARTS) is 1. The summed E-state index contributed by atoms with van der Waals surface area (Å²) in [6.07, 6.45) is 2.84. The molecule has 0 spiro atoms. The zero-order valence-electron chi connectivity index (χ0n) is 16.1. The lowest BCUT2D eigenvalue weighted by molar-refractivity contribution is 0.0682. The van der Waals surface area contributed by atoms with E-state index in [0.717, 1.165) is 12.8 Å². The van der Waals surface area contributed by atoms with E-state index in [1.54, 1.807) is 30.8 Å². The molecule has 1 aliphatic heterocycles. The van der Waals surface area contributed by atoms with Gasteiger partial charge in [0.05, 0.1) is 30.1 Å². The number of likely N-dealkylation sites (tertiary alicyclic amines) is 1. The SMILES string of the molecule is COCCOc1ccccc1C(=O)N1CCC(n2ncc(C(=O)O)c2C)CC1. The molecule has 0 unspecified atom stereocenters. The first-order valence-electron chi connectivity index (χ1n) is 9.30. The Bertz CT molecular complexity index is 840. The largest absolute Gasteiger partial charge is 0.490 e. The van der Waals surface area contributed by atoms with Crippen molar-refractivity contribution in [3.05, 3.63) is 47.3 Å². The summed E-state index contributed by atoms with van der Waals surface area (Å²) in [7, 11) is 1.60. The standard InChI is InChI=1S/C20H25N3O5/c1-14-17(20(25)26)13-21-23(14)15-7-9-22(10-8-15)19(24)16-5-3-4-6-18(16)28-12-11-27-2/h3-6,13,15H,7-12H2,1-2H3,(H,25,26). The van der Waals surface area contributed by atoms with E-state index in [0.29, 0.717) is 43.3 Å². The van der Waals surface area contributed by atoms with Gasteiger partial charge in [0.2, 0.25) is 0 Å². The fraction of sp³-hybridized carbons (Fsp3) is 0.450. The molecule has 1 amide bonds. The average Bonchev–Trinajstić information content (AvgIpc) is 3.10. The van der Waals surface area contributed by atoms with Crippen LogP contribution in [-0.2, 0) is 4.74 Å². The maximum atomic E-state index is 13.0. The molecular weight excluding hydrogens is 362 g/mol. The third kappa shape index (κ3) is 4.17. The second-order valence-electron chi connectivity index (χ2n) is 6.75. The summed E-state index contributed by atoms with van der Waals surface area (Å²) in [5.41, 5.74) is 1.41. The lowest BCUT2D eigenvalue weighted by Crippen LogP contribution is -2.39. The second-order valence-corrected chi connectivity index (χ2v) is 6.75. The molecule has 8 nitrogen and oxygen atoms in total. The van der Waals surface area contributed by atoms with Crippen LogP contribution in [0.2, 0.25) is 0 Å². The lowest BCUT2D eigenvalue weighted by Gasteiger charge is -2.33. The normalized spacial score (nSPS) is 14.9. The number of carboxylic acids is 1. The molecule has 8 heteroatoms. The van der Waals surface area contributed by atoms with Crippen molar-refractivity contribution in [1.29, 1.82) is 0 Å². The number of piperidine rings is 1. The van der Waals surface area contributed by atoms with Gasteiger partial charge in [0.15, 0.2) is 0 Å². The number of carbonyl (C=O) groups excluding carboxylic acids is 1. The maximum absolute atomic E-state index is 13.0. The maximum Gasteiger partial charge on any atom is 0.339 e. The summed E-state index contributed by atoms with van der Waals surface area (Å²) in [5.74, 6) is -0.475. The van der Waals surface area contributed by atoms with Crippen LogP contribution in [0.5, 0.6) is 5.75 Å². The summed E-state index contributed by atoms with van der Waals surface area (Å²) < 4.78 is 12.4. The molecule has 1 aliphatic rings. The van der Waals surface area contributed by atoms with Gasteiger partial charge in [-0.25, -0.2) is 4.79 Å². The van der Waals surface area contributed by atoms with E-state index in [2.05, 4.69) is 5.10 Å². The molecule has 1 fully saturated rings. The van der Waals surface area contributed by atoms with Gasteiger partial charge in [0.1, 0.15) is 17.9 Å². The number of amides is 1. The van der Waals surface area contributed by atoms with Crippen molar-refractivity contribution in [3.63, 3.8) is 0 Å². The molecular formula is C20H25N3O5. The molecule has 3 rings (SSSR count). The monoisotopic (exact) mass is 387 g/mol. The van der Waals surface area contributed by atoms with Gasteiger partial charge in [-0.15, -0.1) is 0 Å². The molecule has 0 saturated carbocycles. The van der Waals surface area contributed by atoms with Crippen LogP contribution in [-0.4, -0.2) is 65.1 Å². The van der Waals surface area contributed by atoms with E-state index in [1.165, 1.54) is 6.20 Å². The van der Waals surface area contributed by atoms with Gasteiger partial charge in [-0.05, 0) is 31.9 Å². The number of rotatable bonds is 7. The van der Waals surface area contributed by atoms with Crippen LogP contribution in [0, 0.1) is 6.92 Å². The van der Waals surface area contributed by atoms with Crippen molar-refractivity contribution in [2.24, 2.45) is 0 Å². The van der Waals surface area contributed by atoms with Crippen molar-refractivity contribution in [2.75, 3.05) is 33.4 Å². The van der Waals surface area contributed by atoms with Gasteiger partial charge in [-0.1, -0.05) is 12.1 Å². The van der Waals surface area contributed by atoms with Gasteiger partial charge in [-0.2, -0.15) is 5.10 Å². The molecule has 1 aromatic heterocycles. The first kappa shape index (κ1) is 19.9. The number of hydrogen-bond donors (Lipinski definition) is 1. The van der Waals surface area contributed by atoms with E-state index in [-0.39, 0.29) is 17.5 Å². The number of nitrogens with zero attached hydrogens (tertiary/aromatic N) is 3. The Labute approximate surface area is 163 Å². The molecule has 1 N–H and O–H groups in total. The fourth-order valence-corrected chi connectivity index (χ4v) is 3.49. The quantitative estimate of drug-likeness (QED) is 0.733. The molecule has 2 aromatic rings. The van der Waals surface area contributed by atoms with Crippen molar-refractivity contribution in [1.82, 2.24) is 14.7 Å². The van der Waals surface area contributed by atoms with Gasteiger partial charge >= 0.3 is 5.97 Å². The third-order valence-electron chi connectivity index (χ3n) is 5.04. The van der Waals surface area contributed by atoms with E-state index < -0.39 is 5.97 Å². The van der Waals surface area contributed by atoms with E-state index in [9.17, 15) is 14.7 Å². The number of carbonyl (C=O) groups is 2. The van der Waals surface area contributed by atoms with Crippen molar-refractivity contribution < 1.29 is 24.2 Å². The Morgan fingerprint density at radius 1 is 1.18 bits per heavy atom. The molecule has 0 bridgehead atoms. The Hall–Kier alpha value is -2.87. The highest BCUT2D eigenvalue weighted by Crippen LogP contribution is 2.27. The van der Waals surface area contributed by atoms with Crippen molar-refractivity contribution in [3.8, 4) is 5.75 Å². The van der Waals surface area contributed by atoms with Crippen molar-refractivity contribution in [2.45, 2.75) is 25.8 Å². The summed E-state index contributed by atoms with van der Waals surface area (Å²) in [6.45, 7) is 3.76. The van der Waals surface area contributed by atoms with Crippen LogP contribution in [0.4, 0.5) is 0 Å². The topological polar surface area (TPSA) is 93.9 Å². The predicted molar refractivity (Wildman–Crippen MR) is 102 cm³/mol. The molecule has 0 aliphatic carbocycles. The Morgan fingerprint density at radius 2 is 1.89 bits per heavy atom. The van der Waals surface area contributed by atoms with Crippen LogP contribution >= 0.6 is 0 Å². The first-order valence-corrected chi connectivity index (χ1v) is 9.30. The highest BCUT2D eigenvalue weighted by atomic mass is 16.5. The number of aromatic nitrogens is 2. The van der Waals surface area contributed by atoms with Gasteiger partial charge in [-0.3, -0.25) is 9.48 Å². The fourth-order valence-electron chi connectivity index (χ4n) is 3.49. The van der Waals surface area contributed by atoms with Crippen molar-refractivity contribution >= 4 is 11.9 Å². The number of aromatic carboxylic acids is 1. The molecule has 1 saturated heterocycles. The van der Waals surface area contributed by atoms with Gasteiger partial charge < -0.3 is 19.5 Å². The Balaban J connectivity index is 1.65. The van der Waals surface area contributed by atoms with Crippen LogP contribution in [0.1, 0.15) is 45.3 Å². The smallest absolute Gasteiger partial charge is 0.339 e. The number of benzene rings is 1. The lowest BCUT2D eigenvalue weighted by atomic mass is 10.0. The minimum atomic E-state index is -0.971. The minimum Gasteiger partial charge on any atom is -0.490 e. The molecule has 0 radical (unpaired) electrons. The second kappa shape index (κ2) is 8.88. The van der Waals surface area contributed by atoms with Crippen LogP contribution in [0.15, 0.2) is 30.5 Å². The Kier molecular flexibility index (Phi) is 6.30. The van der Waals surface area contributed by atoms with Crippen LogP contribution in [0.3, 0.4) is 0 Å². The van der Waals surface area contributed by atoms with E-state index >= 15 is 0 Å². The van der Waals surface area contributed by atoms with Gasteiger partial charge in [0, 0.05) is 20.2 Å².